The first kappa shape index (κ1) is 9.75. The lowest BCUT2D eigenvalue weighted by molar-refractivity contribution is 0.0967. The molecule has 0 saturated carbocycles. The Morgan fingerprint density at radius 3 is 2.92 bits per heavy atom. The standard InChI is InChI=1S/C10H18O2/c1-8(11)9-6-4-3-5-7-10(9)12-2/h6,8,10-11H,3-5,7H2,1-2H3. The highest BCUT2D eigenvalue weighted by atomic mass is 16.5. The summed E-state index contributed by atoms with van der Waals surface area (Å²) >= 11 is 0. The number of methoxy groups -OCH3 is 1. The van der Waals surface area contributed by atoms with Crippen LogP contribution in [0.5, 0.6) is 0 Å². The van der Waals surface area contributed by atoms with Crippen LogP contribution in [-0.2, 0) is 4.74 Å². The van der Waals surface area contributed by atoms with Crippen LogP contribution < -0.4 is 0 Å². The van der Waals surface area contributed by atoms with Gasteiger partial charge in [0.1, 0.15) is 0 Å². The molecule has 0 heterocycles. The lowest BCUT2D eigenvalue weighted by Gasteiger charge is -2.19. The molecule has 1 N–H and O–H groups in total. The van der Waals surface area contributed by atoms with Gasteiger partial charge in [-0.1, -0.05) is 12.5 Å². The van der Waals surface area contributed by atoms with E-state index in [-0.39, 0.29) is 12.2 Å². The van der Waals surface area contributed by atoms with E-state index in [1.165, 1.54) is 12.8 Å². The van der Waals surface area contributed by atoms with Crippen LogP contribution in [0.15, 0.2) is 11.6 Å². The molecular weight excluding hydrogens is 152 g/mol. The van der Waals surface area contributed by atoms with Crippen molar-refractivity contribution in [3.8, 4) is 0 Å². The molecule has 0 bridgehead atoms. The Morgan fingerprint density at radius 2 is 2.33 bits per heavy atom. The summed E-state index contributed by atoms with van der Waals surface area (Å²) in [5.74, 6) is 0. The van der Waals surface area contributed by atoms with Gasteiger partial charge in [-0.15, -0.1) is 0 Å². The summed E-state index contributed by atoms with van der Waals surface area (Å²) in [6, 6.07) is 0. The topological polar surface area (TPSA) is 29.5 Å². The van der Waals surface area contributed by atoms with E-state index in [0.29, 0.717) is 0 Å². The molecule has 2 unspecified atom stereocenters. The predicted octanol–water partition coefficient (Wildman–Crippen LogP) is 1.88. The van der Waals surface area contributed by atoms with Crippen molar-refractivity contribution in [2.45, 2.75) is 44.8 Å². The van der Waals surface area contributed by atoms with Crippen LogP contribution in [0.4, 0.5) is 0 Å². The fourth-order valence-corrected chi connectivity index (χ4v) is 1.73. The third kappa shape index (κ3) is 2.32. The first-order valence-electron chi connectivity index (χ1n) is 4.66. The van der Waals surface area contributed by atoms with Crippen molar-refractivity contribution in [3.05, 3.63) is 11.6 Å². The van der Waals surface area contributed by atoms with E-state index in [4.69, 9.17) is 4.74 Å². The SMILES string of the molecule is COC1CCCCC=C1C(C)O. The molecule has 0 spiro atoms. The van der Waals surface area contributed by atoms with Gasteiger partial charge in [0.15, 0.2) is 0 Å². The maximum atomic E-state index is 9.46. The van der Waals surface area contributed by atoms with Crippen molar-refractivity contribution >= 4 is 0 Å². The lowest BCUT2D eigenvalue weighted by atomic mass is 10.0. The number of allylic oxidation sites excluding steroid dienone is 1. The van der Waals surface area contributed by atoms with Crippen molar-refractivity contribution in [2.24, 2.45) is 0 Å². The maximum absolute atomic E-state index is 9.46. The van der Waals surface area contributed by atoms with Gasteiger partial charge in [-0.3, -0.25) is 0 Å². The Bertz CT molecular complexity index is 161. The van der Waals surface area contributed by atoms with Gasteiger partial charge in [-0.25, -0.2) is 0 Å². The van der Waals surface area contributed by atoms with Crippen molar-refractivity contribution in [1.82, 2.24) is 0 Å². The number of hydrogen-bond donors (Lipinski definition) is 1. The van der Waals surface area contributed by atoms with Crippen molar-refractivity contribution < 1.29 is 9.84 Å². The van der Waals surface area contributed by atoms with E-state index in [9.17, 15) is 5.11 Å². The van der Waals surface area contributed by atoms with Crippen LogP contribution in [0.25, 0.3) is 0 Å². The van der Waals surface area contributed by atoms with Crippen LogP contribution in [0.3, 0.4) is 0 Å². The van der Waals surface area contributed by atoms with Gasteiger partial charge in [0.05, 0.1) is 12.2 Å². The van der Waals surface area contributed by atoms with Gasteiger partial charge >= 0.3 is 0 Å². The number of ether oxygens (including phenoxy) is 1. The van der Waals surface area contributed by atoms with E-state index < -0.39 is 0 Å². The number of aliphatic hydroxyl groups excluding tert-OH is 1. The van der Waals surface area contributed by atoms with Crippen molar-refractivity contribution in [2.75, 3.05) is 7.11 Å². The largest absolute Gasteiger partial charge is 0.389 e. The minimum atomic E-state index is -0.354. The summed E-state index contributed by atoms with van der Waals surface area (Å²) in [6.07, 6.45) is 6.47. The molecule has 2 heteroatoms. The van der Waals surface area contributed by atoms with Gasteiger partial charge in [0.2, 0.25) is 0 Å². The summed E-state index contributed by atoms with van der Waals surface area (Å²) in [7, 11) is 1.71. The molecule has 0 aromatic heterocycles. The summed E-state index contributed by atoms with van der Waals surface area (Å²) in [6.45, 7) is 1.81. The smallest absolute Gasteiger partial charge is 0.0805 e. The summed E-state index contributed by atoms with van der Waals surface area (Å²) in [4.78, 5) is 0. The highest BCUT2D eigenvalue weighted by Gasteiger charge is 2.18. The summed E-state index contributed by atoms with van der Waals surface area (Å²) in [5.41, 5.74) is 1.06. The second-order valence-electron chi connectivity index (χ2n) is 3.39. The minimum Gasteiger partial charge on any atom is -0.389 e. The van der Waals surface area contributed by atoms with Crippen molar-refractivity contribution in [3.63, 3.8) is 0 Å². The van der Waals surface area contributed by atoms with Crippen LogP contribution in [0, 0.1) is 0 Å². The van der Waals surface area contributed by atoms with E-state index in [1.807, 2.05) is 6.92 Å². The predicted molar refractivity (Wildman–Crippen MR) is 49.0 cm³/mol. The lowest BCUT2D eigenvalue weighted by Crippen LogP contribution is -2.21. The van der Waals surface area contributed by atoms with Crippen LogP contribution in [0.2, 0.25) is 0 Å². The average molecular weight is 170 g/mol. The summed E-state index contributed by atoms with van der Waals surface area (Å²) in [5, 5.41) is 9.46. The zero-order chi connectivity index (χ0) is 8.97. The first-order chi connectivity index (χ1) is 5.75. The molecule has 1 rings (SSSR count). The van der Waals surface area contributed by atoms with Gasteiger partial charge in [-0.05, 0) is 31.8 Å². The Balaban J connectivity index is 2.66. The van der Waals surface area contributed by atoms with Crippen LogP contribution >= 0.6 is 0 Å². The second-order valence-corrected chi connectivity index (χ2v) is 3.39. The third-order valence-corrected chi connectivity index (χ3v) is 2.44. The average Bonchev–Trinajstić information content (AvgIpc) is 2.27. The molecule has 0 aliphatic heterocycles. The molecule has 1 aliphatic rings. The number of hydrogen-bond acceptors (Lipinski definition) is 2. The molecule has 0 fully saturated rings. The Kier molecular flexibility index (Phi) is 3.76. The molecular formula is C10H18O2. The molecule has 0 saturated heterocycles. The molecule has 0 aromatic rings. The highest BCUT2D eigenvalue weighted by molar-refractivity contribution is 5.14. The molecule has 12 heavy (non-hydrogen) atoms. The maximum Gasteiger partial charge on any atom is 0.0805 e. The van der Waals surface area contributed by atoms with Gasteiger partial charge in [0, 0.05) is 7.11 Å². The molecule has 2 nitrogen and oxygen atoms in total. The van der Waals surface area contributed by atoms with Crippen molar-refractivity contribution in [1.29, 1.82) is 0 Å². The fourth-order valence-electron chi connectivity index (χ4n) is 1.73. The zero-order valence-corrected chi connectivity index (χ0v) is 7.92. The normalized spacial score (nSPS) is 27.6. The van der Waals surface area contributed by atoms with Gasteiger partial charge in [-0.2, -0.15) is 0 Å². The monoisotopic (exact) mass is 170 g/mol. The molecule has 2 atom stereocenters. The van der Waals surface area contributed by atoms with E-state index in [2.05, 4.69) is 6.08 Å². The summed E-state index contributed by atoms with van der Waals surface area (Å²) < 4.78 is 5.32. The third-order valence-electron chi connectivity index (χ3n) is 2.44. The minimum absolute atomic E-state index is 0.146. The van der Waals surface area contributed by atoms with Crippen LogP contribution in [-0.4, -0.2) is 24.4 Å². The van der Waals surface area contributed by atoms with E-state index in [0.717, 1.165) is 18.4 Å². The molecule has 0 radical (unpaired) electrons. The second kappa shape index (κ2) is 4.63. The van der Waals surface area contributed by atoms with E-state index in [1.54, 1.807) is 7.11 Å². The molecule has 0 amide bonds. The molecule has 0 aromatic carbocycles. The number of aliphatic hydroxyl groups is 1. The van der Waals surface area contributed by atoms with Gasteiger partial charge in [0.25, 0.3) is 0 Å². The highest BCUT2D eigenvalue weighted by Crippen LogP contribution is 2.22. The van der Waals surface area contributed by atoms with E-state index >= 15 is 0 Å². The zero-order valence-electron chi connectivity index (χ0n) is 7.92. The first-order valence-corrected chi connectivity index (χ1v) is 4.66. The van der Waals surface area contributed by atoms with Crippen LogP contribution in [0.1, 0.15) is 32.6 Å². The Morgan fingerprint density at radius 1 is 1.58 bits per heavy atom. The molecule has 1 aliphatic carbocycles. The molecule has 70 valence electrons. The Hall–Kier alpha value is -0.340. The van der Waals surface area contributed by atoms with Gasteiger partial charge < -0.3 is 9.84 Å². The number of rotatable bonds is 2. The Labute approximate surface area is 74.2 Å². The fraction of sp³-hybridized carbons (Fsp3) is 0.800. The quantitative estimate of drug-likeness (QED) is 0.641.